The van der Waals surface area contributed by atoms with Gasteiger partial charge in [0.1, 0.15) is 0 Å². The van der Waals surface area contributed by atoms with Gasteiger partial charge in [-0.25, -0.2) is 0 Å². The number of hydrogen-bond acceptors (Lipinski definition) is 1. The monoisotopic (exact) mass is 352 g/mol. The number of benzene rings is 1. The maximum atomic E-state index is 7.50. The van der Waals surface area contributed by atoms with E-state index in [9.17, 15) is 0 Å². The summed E-state index contributed by atoms with van der Waals surface area (Å²) in [7, 11) is 0. The van der Waals surface area contributed by atoms with E-state index in [0.717, 1.165) is 5.75 Å². The van der Waals surface area contributed by atoms with Gasteiger partial charge < -0.3 is 0 Å². The summed E-state index contributed by atoms with van der Waals surface area (Å²) in [6, 6.07) is 10.2. The summed E-state index contributed by atoms with van der Waals surface area (Å²) in [6.07, 6.45) is 10.1. The van der Waals surface area contributed by atoms with Crippen LogP contribution in [0.2, 0.25) is 0 Å². The number of rotatable bonds is 4. The van der Waals surface area contributed by atoms with Crippen LogP contribution in [0.4, 0.5) is 0 Å². The molecule has 1 aromatic carbocycles. The van der Waals surface area contributed by atoms with Crippen molar-refractivity contribution < 1.29 is 24.9 Å². The van der Waals surface area contributed by atoms with Crippen molar-refractivity contribution in [2.75, 3.05) is 5.75 Å². The molecule has 1 aromatic rings. The zero-order chi connectivity index (χ0) is 17.2. The van der Waals surface area contributed by atoms with E-state index in [-0.39, 0.29) is 0 Å². The first kappa shape index (κ1) is 22.9. The van der Waals surface area contributed by atoms with Crippen LogP contribution in [0.3, 0.4) is 0 Å². The molecular formula is C18H17MnO2S. The summed E-state index contributed by atoms with van der Waals surface area (Å²) < 4.78 is 16.2. The normalized spacial score (nSPS) is 10.3. The molecule has 0 saturated heterocycles. The third-order valence-electron chi connectivity index (χ3n) is 2.16. The summed E-state index contributed by atoms with van der Waals surface area (Å²) >= 11 is 5.26. The molecule has 0 amide bonds. The molecule has 1 radical (unpaired) electrons. The van der Waals surface area contributed by atoms with Gasteiger partial charge in [-0.3, -0.25) is 0 Å². The molecule has 2 rings (SSSR count). The van der Waals surface area contributed by atoms with Gasteiger partial charge in [-0.2, -0.15) is 0 Å². The Kier molecular flexibility index (Phi) is 18.5. The van der Waals surface area contributed by atoms with Gasteiger partial charge in [0.05, 0.1) is 0 Å². The van der Waals surface area contributed by atoms with E-state index in [1.165, 1.54) is 14.9 Å². The Bertz CT molecular complexity index is 522. The second kappa shape index (κ2) is 17.7. The Labute approximate surface area is 145 Å². The molecule has 0 spiro atoms. The van der Waals surface area contributed by atoms with Crippen molar-refractivity contribution in [2.24, 2.45) is 0 Å². The number of hydrogen-bond donors (Lipinski definition) is 0. The molecule has 0 heterocycles. The zero-order valence-electron chi connectivity index (χ0n) is 12.3. The van der Waals surface area contributed by atoms with Crippen LogP contribution in [0.15, 0.2) is 66.8 Å². The fourth-order valence-corrected chi connectivity index (χ4v) is 2.31. The van der Waals surface area contributed by atoms with E-state index in [1.54, 1.807) is 11.8 Å². The zero-order valence-corrected chi connectivity index (χ0v) is 14.3. The molecule has 22 heavy (non-hydrogen) atoms. The van der Waals surface area contributed by atoms with Crippen molar-refractivity contribution in [3.8, 4) is 0 Å². The quantitative estimate of drug-likeness (QED) is 0.345. The van der Waals surface area contributed by atoms with E-state index in [4.69, 9.17) is 9.30 Å². The molecule has 0 bridgehead atoms. The molecule has 0 atom stereocenters. The molecule has 4 heteroatoms. The Morgan fingerprint density at radius 3 is 2.14 bits per heavy atom. The third-order valence-corrected chi connectivity index (χ3v) is 3.90. The Morgan fingerprint density at radius 1 is 1.18 bits per heavy atom. The summed E-state index contributed by atoms with van der Waals surface area (Å²) in [4.78, 5) is 0. The Hall–Kier alpha value is -1.34. The molecule has 1 aliphatic carbocycles. The summed E-state index contributed by atoms with van der Waals surface area (Å²) in [5.41, 5.74) is 2.57. The molecular weight excluding hydrogens is 335 g/mol. The van der Waals surface area contributed by atoms with Crippen molar-refractivity contribution in [3.05, 3.63) is 92.1 Å². The van der Waals surface area contributed by atoms with Crippen LogP contribution in [0.1, 0.15) is 12.5 Å². The average molecular weight is 352 g/mol. The predicted molar refractivity (Wildman–Crippen MR) is 88.3 cm³/mol. The van der Waals surface area contributed by atoms with Gasteiger partial charge in [0.15, 0.2) is 0 Å². The first-order valence-corrected chi connectivity index (χ1v) is 7.72. The Balaban J connectivity index is 0. The van der Waals surface area contributed by atoms with E-state index in [2.05, 4.69) is 67.0 Å². The van der Waals surface area contributed by atoms with Gasteiger partial charge in [-0.05, 0) is 6.92 Å². The molecule has 0 saturated carbocycles. The first-order chi connectivity index (χ1) is 10.7. The van der Waals surface area contributed by atoms with Gasteiger partial charge in [0.2, 0.25) is 0 Å². The number of thioether (sulfide) groups is 1. The van der Waals surface area contributed by atoms with Crippen molar-refractivity contribution in [3.63, 3.8) is 0 Å². The molecule has 0 aromatic heterocycles. The van der Waals surface area contributed by atoms with Crippen molar-refractivity contribution in [1.82, 2.24) is 0 Å². The summed E-state index contributed by atoms with van der Waals surface area (Å²) in [5.74, 6) is 0.940. The van der Waals surface area contributed by atoms with Gasteiger partial charge >= 0.3 is 108 Å². The Morgan fingerprint density at radius 2 is 1.77 bits per heavy atom. The van der Waals surface area contributed by atoms with Crippen molar-refractivity contribution in [1.29, 1.82) is 0 Å². The van der Waals surface area contributed by atoms with E-state index in [1.807, 2.05) is 36.4 Å². The van der Waals surface area contributed by atoms with Crippen molar-refractivity contribution >= 4 is 15.5 Å². The molecule has 2 nitrogen and oxygen atoms in total. The second-order valence-corrected chi connectivity index (χ2v) is 5.70. The van der Waals surface area contributed by atoms with Crippen LogP contribution >= 0.6 is 11.8 Å². The molecule has 0 aliphatic heterocycles. The van der Waals surface area contributed by atoms with Crippen LogP contribution in [-0.4, -0.2) is 9.50 Å². The molecule has 1 aliphatic rings. The predicted octanol–water partition coefficient (Wildman–Crippen LogP) is 4.26. The minimum atomic E-state index is 0.940. The summed E-state index contributed by atoms with van der Waals surface area (Å²) in [6.45, 7) is 14.8. The van der Waals surface area contributed by atoms with Gasteiger partial charge in [-0.15, -0.1) is 0 Å². The molecule has 114 valence electrons. The van der Waals surface area contributed by atoms with Gasteiger partial charge in [-0.1, -0.05) is 23.8 Å². The van der Waals surface area contributed by atoms with Gasteiger partial charge in [0.25, 0.3) is 0 Å². The molecule has 0 N–H and O–H groups in total. The number of allylic oxidation sites excluding steroid dienone is 4. The average Bonchev–Trinajstić information content (AvgIpc) is 3.08. The molecule has 0 unspecified atom stereocenters. The van der Waals surface area contributed by atoms with E-state index in [0.29, 0.717) is 0 Å². The van der Waals surface area contributed by atoms with Crippen LogP contribution in [0.25, 0.3) is 0 Å². The van der Waals surface area contributed by atoms with E-state index < -0.39 is 0 Å². The topological polar surface area (TPSA) is 39.8 Å². The van der Waals surface area contributed by atoms with Crippen LogP contribution < -0.4 is 0 Å². The standard InChI is InChI=1S/C10H10S.C6H7.2CO.Mn/c1-2-8-11-9-10-6-4-3-5-7-10;1-6-4-2-3-5-6;2*1-2;/h2-7H,1,8H2;2-5H,1H3;;;. The summed E-state index contributed by atoms with van der Waals surface area (Å²) in [5, 5.41) is 0. The van der Waals surface area contributed by atoms with Crippen LogP contribution in [0, 0.1) is 19.7 Å². The second-order valence-electron chi connectivity index (χ2n) is 3.70. The first-order valence-electron chi connectivity index (χ1n) is 6.14. The van der Waals surface area contributed by atoms with Crippen molar-refractivity contribution in [2.45, 2.75) is 6.92 Å². The third kappa shape index (κ3) is 12.4. The maximum absolute atomic E-state index is 7.50. The van der Waals surface area contributed by atoms with Crippen LogP contribution in [0.5, 0.6) is 0 Å². The molecule has 0 fully saturated rings. The van der Waals surface area contributed by atoms with Gasteiger partial charge in [0, 0.05) is 6.42 Å². The fourth-order valence-electron chi connectivity index (χ4n) is 1.25. The van der Waals surface area contributed by atoms with E-state index >= 15 is 0 Å². The minimum absolute atomic E-state index is 0.940. The fraction of sp³-hybridized carbons (Fsp3) is 0.111. The van der Waals surface area contributed by atoms with Crippen LogP contribution in [-0.2, 0) is 24.9 Å². The SMILES string of the molecule is C=CCS[C](=[Mn])c1ccccc1.CC1=CC=C[CH]1.[C-]#[O+].[C-]#[O+].